The molecule has 0 bridgehead atoms. The molecule has 176 valence electrons. The van der Waals surface area contributed by atoms with E-state index in [1.807, 2.05) is 25.2 Å². The van der Waals surface area contributed by atoms with Gasteiger partial charge in [-0.25, -0.2) is 9.97 Å². The monoisotopic (exact) mass is 461 g/mol. The third kappa shape index (κ3) is 3.41. The Hall–Kier alpha value is -3.50. The van der Waals surface area contributed by atoms with E-state index in [2.05, 4.69) is 31.5 Å². The van der Waals surface area contributed by atoms with Gasteiger partial charge in [0.05, 0.1) is 36.7 Å². The number of carbonyl (C=O) groups excluding carboxylic acids is 1. The van der Waals surface area contributed by atoms with Crippen LogP contribution in [0.25, 0.3) is 27.9 Å². The summed E-state index contributed by atoms with van der Waals surface area (Å²) in [5, 5.41) is 21.3. The molecule has 3 N–H and O–H groups in total. The number of aliphatic hydroxyl groups excluding tert-OH is 1. The number of anilines is 1. The topological polar surface area (TPSA) is 119 Å². The summed E-state index contributed by atoms with van der Waals surface area (Å²) in [4.78, 5) is 22.5. The van der Waals surface area contributed by atoms with Crippen LogP contribution in [0.2, 0.25) is 0 Å². The van der Waals surface area contributed by atoms with E-state index in [0.717, 1.165) is 48.2 Å². The van der Waals surface area contributed by atoms with Gasteiger partial charge >= 0.3 is 0 Å². The molecule has 1 unspecified atom stereocenters. The second kappa shape index (κ2) is 8.37. The first-order valence-electron chi connectivity index (χ1n) is 11.7. The van der Waals surface area contributed by atoms with Gasteiger partial charge in [0.1, 0.15) is 17.0 Å². The zero-order valence-electron chi connectivity index (χ0n) is 18.9. The first-order valence-corrected chi connectivity index (χ1v) is 11.7. The van der Waals surface area contributed by atoms with Crippen LogP contribution in [-0.2, 0) is 4.74 Å². The van der Waals surface area contributed by atoms with Crippen molar-refractivity contribution >= 4 is 28.4 Å². The number of nitrogens with zero attached hydrogens (tertiary/aromatic N) is 5. The molecule has 4 aromatic heterocycles. The van der Waals surface area contributed by atoms with Crippen LogP contribution < -0.4 is 10.6 Å². The van der Waals surface area contributed by atoms with Gasteiger partial charge in [0.25, 0.3) is 5.91 Å². The van der Waals surface area contributed by atoms with Crippen molar-refractivity contribution in [3.05, 3.63) is 42.4 Å². The van der Waals surface area contributed by atoms with Crippen LogP contribution in [0.1, 0.15) is 42.1 Å². The summed E-state index contributed by atoms with van der Waals surface area (Å²) in [6.07, 6.45) is 8.45. The molecule has 3 atom stereocenters. The second-order valence-corrected chi connectivity index (χ2v) is 8.99. The van der Waals surface area contributed by atoms with Crippen LogP contribution in [0.15, 0.2) is 36.8 Å². The maximum absolute atomic E-state index is 13.0. The van der Waals surface area contributed by atoms with E-state index in [4.69, 9.17) is 9.72 Å². The average molecular weight is 462 g/mol. The number of fused-ring (bicyclic) bond motifs is 2. The zero-order valence-corrected chi connectivity index (χ0v) is 18.9. The minimum absolute atomic E-state index is 0.220. The van der Waals surface area contributed by atoms with E-state index < -0.39 is 6.10 Å². The van der Waals surface area contributed by atoms with Gasteiger partial charge in [-0.05, 0) is 37.8 Å². The lowest BCUT2D eigenvalue weighted by Gasteiger charge is -2.32. The summed E-state index contributed by atoms with van der Waals surface area (Å²) in [6, 6.07) is 5.90. The molecule has 1 aliphatic carbocycles. The van der Waals surface area contributed by atoms with E-state index in [1.165, 1.54) is 6.20 Å². The highest BCUT2D eigenvalue weighted by atomic mass is 16.5. The highest BCUT2D eigenvalue weighted by Gasteiger charge is 2.31. The van der Waals surface area contributed by atoms with E-state index in [-0.39, 0.29) is 18.0 Å². The third-order valence-electron chi connectivity index (χ3n) is 6.92. The summed E-state index contributed by atoms with van der Waals surface area (Å²) in [6.45, 7) is 1.46. The van der Waals surface area contributed by atoms with Gasteiger partial charge in [0, 0.05) is 43.1 Å². The highest BCUT2D eigenvalue weighted by molar-refractivity contribution is 6.01. The van der Waals surface area contributed by atoms with Crippen molar-refractivity contribution in [2.45, 2.75) is 43.9 Å². The first-order chi connectivity index (χ1) is 16.6. The van der Waals surface area contributed by atoms with Crippen LogP contribution in [0.4, 0.5) is 5.82 Å². The van der Waals surface area contributed by atoms with Gasteiger partial charge in [-0.3, -0.25) is 4.79 Å². The number of ether oxygens (including phenoxy) is 1. The van der Waals surface area contributed by atoms with Gasteiger partial charge in [-0.1, -0.05) is 0 Å². The molecule has 2 aliphatic rings. The SMILES string of the molecule is CNc1cc(-c2cn(C3CCCOC3)c3ncccc23)nc2c(C(=O)N[C@@H]3CC[C@@H]3O)cnn12. The van der Waals surface area contributed by atoms with E-state index in [9.17, 15) is 9.90 Å². The number of carbonyl (C=O) groups is 1. The number of nitrogens with one attached hydrogen (secondary N) is 2. The lowest BCUT2D eigenvalue weighted by atomic mass is 9.89. The molecule has 34 heavy (non-hydrogen) atoms. The number of aliphatic hydroxyl groups is 1. The largest absolute Gasteiger partial charge is 0.391 e. The lowest BCUT2D eigenvalue weighted by molar-refractivity contribution is 0.0448. The number of pyridine rings is 1. The molecule has 1 aliphatic heterocycles. The van der Waals surface area contributed by atoms with E-state index in [0.29, 0.717) is 30.1 Å². The molecule has 6 rings (SSSR count). The molecule has 0 spiro atoms. The summed E-state index contributed by atoms with van der Waals surface area (Å²) >= 11 is 0. The van der Waals surface area contributed by atoms with Crippen LogP contribution in [0.3, 0.4) is 0 Å². The van der Waals surface area contributed by atoms with Crippen LogP contribution >= 0.6 is 0 Å². The fourth-order valence-electron chi connectivity index (χ4n) is 4.84. The zero-order chi connectivity index (χ0) is 23.2. The Morgan fingerprint density at radius 1 is 1.26 bits per heavy atom. The molecular formula is C24H27N7O3. The summed E-state index contributed by atoms with van der Waals surface area (Å²) in [5.41, 5.74) is 3.39. The van der Waals surface area contributed by atoms with Crippen LogP contribution in [-0.4, -0.2) is 67.6 Å². The molecule has 0 aromatic carbocycles. The van der Waals surface area contributed by atoms with Gasteiger partial charge in [0.2, 0.25) is 0 Å². The Kier molecular flexibility index (Phi) is 5.19. The van der Waals surface area contributed by atoms with Crippen molar-refractivity contribution in [2.75, 3.05) is 25.6 Å². The summed E-state index contributed by atoms with van der Waals surface area (Å²) in [5.74, 6) is 0.433. The Morgan fingerprint density at radius 3 is 2.91 bits per heavy atom. The third-order valence-corrected chi connectivity index (χ3v) is 6.92. The molecule has 1 saturated carbocycles. The first kappa shape index (κ1) is 21.1. The second-order valence-electron chi connectivity index (χ2n) is 8.99. The minimum atomic E-state index is -0.496. The van der Waals surface area contributed by atoms with Gasteiger partial charge in [-0.15, -0.1) is 0 Å². The molecule has 5 heterocycles. The standard InChI is InChI=1S/C24H27N7O3/c1-25-21-10-19(28-23-16(11-27-31(21)23)24(33)29-18-6-7-20(18)32)17-12-30(14-4-3-9-34-13-14)22-15(17)5-2-8-26-22/h2,5,8,10-12,14,18,20,25,32H,3-4,6-7,9,13H2,1H3,(H,29,33)/t14?,18-,20+/m1/s1. The van der Waals surface area contributed by atoms with Gasteiger partial charge in [-0.2, -0.15) is 9.61 Å². The minimum Gasteiger partial charge on any atom is -0.391 e. The fraction of sp³-hybridized carbons (Fsp3) is 0.417. The smallest absolute Gasteiger partial charge is 0.257 e. The van der Waals surface area contributed by atoms with Crippen molar-refractivity contribution in [2.24, 2.45) is 0 Å². The quantitative estimate of drug-likeness (QED) is 0.418. The van der Waals surface area contributed by atoms with Gasteiger partial charge < -0.3 is 25.0 Å². The van der Waals surface area contributed by atoms with Crippen molar-refractivity contribution in [1.29, 1.82) is 0 Å². The Bertz CT molecular complexity index is 1370. The number of hydrogen-bond acceptors (Lipinski definition) is 7. The van der Waals surface area contributed by atoms with Crippen molar-refractivity contribution in [1.82, 2.24) is 29.5 Å². The van der Waals surface area contributed by atoms with Crippen LogP contribution in [0.5, 0.6) is 0 Å². The lowest BCUT2D eigenvalue weighted by Crippen LogP contribution is -2.50. The normalized spacial score (nSPS) is 22.6. The van der Waals surface area contributed by atoms with E-state index >= 15 is 0 Å². The fourth-order valence-corrected chi connectivity index (χ4v) is 4.84. The number of aromatic nitrogens is 5. The number of rotatable bonds is 5. The Labute approximate surface area is 196 Å². The predicted molar refractivity (Wildman–Crippen MR) is 127 cm³/mol. The maximum atomic E-state index is 13.0. The molecular weight excluding hydrogens is 434 g/mol. The van der Waals surface area contributed by atoms with Crippen molar-refractivity contribution in [3.8, 4) is 11.3 Å². The summed E-state index contributed by atoms with van der Waals surface area (Å²) < 4.78 is 9.55. The molecule has 4 aromatic rings. The molecule has 10 heteroatoms. The average Bonchev–Trinajstić information content (AvgIpc) is 3.48. The predicted octanol–water partition coefficient (Wildman–Crippen LogP) is 2.39. The molecule has 1 amide bonds. The Balaban J connectivity index is 1.46. The van der Waals surface area contributed by atoms with Crippen LogP contribution in [0, 0.1) is 0 Å². The molecule has 0 radical (unpaired) electrons. The highest BCUT2D eigenvalue weighted by Crippen LogP contribution is 2.34. The Morgan fingerprint density at radius 2 is 2.18 bits per heavy atom. The summed E-state index contributed by atoms with van der Waals surface area (Å²) in [7, 11) is 1.81. The number of amides is 1. The van der Waals surface area contributed by atoms with Crippen molar-refractivity contribution < 1.29 is 14.6 Å². The molecule has 1 saturated heterocycles. The molecule has 10 nitrogen and oxygen atoms in total. The molecule has 2 fully saturated rings. The maximum Gasteiger partial charge on any atom is 0.257 e. The van der Waals surface area contributed by atoms with E-state index in [1.54, 1.807) is 10.7 Å². The van der Waals surface area contributed by atoms with Crippen molar-refractivity contribution in [3.63, 3.8) is 0 Å². The number of hydrogen-bond donors (Lipinski definition) is 3. The van der Waals surface area contributed by atoms with Gasteiger partial charge in [0.15, 0.2) is 5.65 Å².